The van der Waals surface area contributed by atoms with Crippen molar-refractivity contribution in [3.05, 3.63) is 76.9 Å². The molecule has 0 aliphatic heterocycles. The molecule has 0 aliphatic rings. The van der Waals surface area contributed by atoms with Crippen LogP contribution in [0.1, 0.15) is 35.3 Å². The van der Waals surface area contributed by atoms with E-state index >= 15 is 0 Å². The zero-order valence-corrected chi connectivity index (χ0v) is 13.3. The fourth-order valence-corrected chi connectivity index (χ4v) is 2.14. The Bertz CT molecular complexity index is 766. The minimum Gasteiger partial charge on any atom is -0.508 e. The second kappa shape index (κ2) is 7.45. The predicted octanol–water partition coefficient (Wildman–Crippen LogP) is 4.50. The monoisotopic (exact) mass is 308 g/mol. The number of allylic oxidation sites excluding steroid dienone is 3. The molecular formula is C20H20O3. The number of ketones is 1. The van der Waals surface area contributed by atoms with E-state index in [4.69, 9.17) is 0 Å². The van der Waals surface area contributed by atoms with Crippen molar-refractivity contribution in [3.8, 4) is 11.5 Å². The van der Waals surface area contributed by atoms with Gasteiger partial charge in [-0.1, -0.05) is 42.0 Å². The summed E-state index contributed by atoms with van der Waals surface area (Å²) in [5.41, 5.74) is 3.54. The number of aromatic hydroxyl groups is 2. The summed E-state index contributed by atoms with van der Waals surface area (Å²) in [6, 6.07) is 11.9. The number of phenolic OH excluding ortho intramolecular Hbond substituents is 2. The van der Waals surface area contributed by atoms with Crippen LogP contribution in [0.5, 0.6) is 11.5 Å². The van der Waals surface area contributed by atoms with E-state index in [0.29, 0.717) is 0 Å². The highest BCUT2D eigenvalue weighted by atomic mass is 16.3. The Labute approximate surface area is 136 Å². The molecule has 0 saturated carbocycles. The summed E-state index contributed by atoms with van der Waals surface area (Å²) in [4.78, 5) is 12.1. The molecule has 0 fully saturated rings. The lowest BCUT2D eigenvalue weighted by Gasteiger charge is -2.02. The van der Waals surface area contributed by atoms with E-state index in [2.05, 4.69) is 19.9 Å². The quantitative estimate of drug-likeness (QED) is 0.485. The van der Waals surface area contributed by atoms with Crippen LogP contribution in [-0.2, 0) is 6.42 Å². The number of phenols is 2. The first-order valence-electron chi connectivity index (χ1n) is 7.42. The van der Waals surface area contributed by atoms with Crippen molar-refractivity contribution in [3.63, 3.8) is 0 Å². The lowest BCUT2D eigenvalue weighted by atomic mass is 10.0. The molecule has 2 rings (SSSR count). The van der Waals surface area contributed by atoms with Crippen molar-refractivity contribution < 1.29 is 15.0 Å². The average Bonchev–Trinajstić information content (AvgIpc) is 2.51. The predicted molar refractivity (Wildman–Crippen MR) is 92.7 cm³/mol. The van der Waals surface area contributed by atoms with Gasteiger partial charge in [-0.05, 0) is 49.6 Å². The standard InChI is InChI=1S/C20H20O3/c1-14(2)6-7-15-4-3-5-16(12-15)8-11-19(22)18-10-9-17(21)13-20(18)23/h3-6,8-13,21,23H,7H2,1-2H3. The van der Waals surface area contributed by atoms with Crippen molar-refractivity contribution >= 4 is 11.9 Å². The van der Waals surface area contributed by atoms with Gasteiger partial charge in [-0.2, -0.15) is 0 Å². The van der Waals surface area contributed by atoms with Crippen LogP contribution in [0, 0.1) is 0 Å². The summed E-state index contributed by atoms with van der Waals surface area (Å²) < 4.78 is 0. The molecule has 0 amide bonds. The van der Waals surface area contributed by atoms with E-state index in [1.807, 2.05) is 24.3 Å². The highest BCUT2D eigenvalue weighted by Gasteiger charge is 2.08. The van der Waals surface area contributed by atoms with Crippen LogP contribution >= 0.6 is 0 Å². The fourth-order valence-electron chi connectivity index (χ4n) is 2.14. The normalized spacial score (nSPS) is 10.7. The topological polar surface area (TPSA) is 57.5 Å². The first-order valence-corrected chi connectivity index (χ1v) is 7.42. The van der Waals surface area contributed by atoms with Gasteiger partial charge in [-0.3, -0.25) is 4.79 Å². The molecule has 0 saturated heterocycles. The molecule has 0 aromatic heterocycles. The van der Waals surface area contributed by atoms with Crippen molar-refractivity contribution in [1.82, 2.24) is 0 Å². The Hall–Kier alpha value is -2.81. The fraction of sp³-hybridized carbons (Fsp3) is 0.150. The molecule has 0 atom stereocenters. The van der Waals surface area contributed by atoms with Gasteiger partial charge in [0.05, 0.1) is 5.56 Å². The summed E-state index contributed by atoms with van der Waals surface area (Å²) in [6.45, 7) is 4.12. The van der Waals surface area contributed by atoms with E-state index < -0.39 is 0 Å². The molecule has 2 aromatic carbocycles. The molecule has 2 N–H and O–H groups in total. The second-order valence-electron chi connectivity index (χ2n) is 5.63. The number of benzene rings is 2. The van der Waals surface area contributed by atoms with E-state index in [9.17, 15) is 15.0 Å². The molecule has 23 heavy (non-hydrogen) atoms. The Kier molecular flexibility index (Phi) is 5.36. The number of rotatable bonds is 5. The van der Waals surface area contributed by atoms with Crippen LogP contribution in [0.15, 0.2) is 60.2 Å². The van der Waals surface area contributed by atoms with Crippen LogP contribution in [0.4, 0.5) is 0 Å². The number of hydrogen-bond acceptors (Lipinski definition) is 3. The molecular weight excluding hydrogens is 288 g/mol. The van der Waals surface area contributed by atoms with Gasteiger partial charge in [0.2, 0.25) is 0 Å². The van der Waals surface area contributed by atoms with Crippen molar-refractivity contribution in [2.75, 3.05) is 0 Å². The zero-order valence-electron chi connectivity index (χ0n) is 13.3. The van der Waals surface area contributed by atoms with Crippen LogP contribution in [-0.4, -0.2) is 16.0 Å². The van der Waals surface area contributed by atoms with E-state index in [0.717, 1.165) is 18.1 Å². The third kappa shape index (κ3) is 4.85. The maximum absolute atomic E-state index is 12.1. The maximum atomic E-state index is 12.1. The average molecular weight is 308 g/mol. The van der Waals surface area contributed by atoms with E-state index in [-0.39, 0.29) is 22.8 Å². The second-order valence-corrected chi connectivity index (χ2v) is 5.63. The largest absolute Gasteiger partial charge is 0.508 e. The van der Waals surface area contributed by atoms with Crippen LogP contribution in [0.3, 0.4) is 0 Å². The van der Waals surface area contributed by atoms with E-state index in [1.54, 1.807) is 6.08 Å². The van der Waals surface area contributed by atoms with Crippen molar-refractivity contribution in [2.45, 2.75) is 20.3 Å². The van der Waals surface area contributed by atoms with Gasteiger partial charge < -0.3 is 10.2 Å². The molecule has 0 bridgehead atoms. The molecule has 3 heteroatoms. The van der Waals surface area contributed by atoms with Gasteiger partial charge in [0.25, 0.3) is 0 Å². The van der Waals surface area contributed by atoms with Crippen molar-refractivity contribution in [2.24, 2.45) is 0 Å². The summed E-state index contributed by atoms with van der Waals surface area (Å²) in [5, 5.41) is 19.0. The number of hydrogen-bond donors (Lipinski definition) is 2. The van der Waals surface area contributed by atoms with Gasteiger partial charge in [0, 0.05) is 6.07 Å². The van der Waals surface area contributed by atoms with Gasteiger partial charge >= 0.3 is 0 Å². The molecule has 0 aliphatic carbocycles. The third-order valence-corrected chi connectivity index (χ3v) is 3.37. The summed E-state index contributed by atoms with van der Waals surface area (Å²) in [7, 11) is 0. The molecule has 2 aromatic rings. The Balaban J connectivity index is 2.14. The maximum Gasteiger partial charge on any atom is 0.189 e. The highest BCUT2D eigenvalue weighted by Crippen LogP contribution is 2.23. The van der Waals surface area contributed by atoms with Gasteiger partial charge in [0.15, 0.2) is 5.78 Å². The summed E-state index contributed by atoms with van der Waals surface area (Å²) in [6.07, 6.45) is 6.16. The number of carbonyl (C=O) groups is 1. The molecule has 0 spiro atoms. The van der Waals surface area contributed by atoms with E-state index in [1.165, 1.54) is 29.3 Å². The molecule has 0 heterocycles. The smallest absolute Gasteiger partial charge is 0.189 e. The summed E-state index contributed by atoms with van der Waals surface area (Å²) >= 11 is 0. The first kappa shape index (κ1) is 16.6. The Morgan fingerprint density at radius 2 is 1.87 bits per heavy atom. The Morgan fingerprint density at radius 1 is 1.09 bits per heavy atom. The number of carbonyl (C=O) groups excluding carboxylic acids is 1. The SMILES string of the molecule is CC(C)=CCc1cccc(C=CC(=O)c2ccc(O)cc2O)c1. The molecule has 118 valence electrons. The zero-order chi connectivity index (χ0) is 16.8. The van der Waals surface area contributed by atoms with Crippen LogP contribution < -0.4 is 0 Å². The Morgan fingerprint density at radius 3 is 2.57 bits per heavy atom. The van der Waals surface area contributed by atoms with Gasteiger partial charge in [-0.15, -0.1) is 0 Å². The van der Waals surface area contributed by atoms with Gasteiger partial charge in [-0.25, -0.2) is 0 Å². The van der Waals surface area contributed by atoms with Crippen LogP contribution in [0.25, 0.3) is 6.08 Å². The van der Waals surface area contributed by atoms with Gasteiger partial charge in [0.1, 0.15) is 11.5 Å². The molecule has 0 unspecified atom stereocenters. The van der Waals surface area contributed by atoms with Crippen LogP contribution in [0.2, 0.25) is 0 Å². The first-order chi connectivity index (χ1) is 11.0. The molecule has 0 radical (unpaired) electrons. The lowest BCUT2D eigenvalue weighted by molar-refractivity contribution is 0.104. The highest BCUT2D eigenvalue weighted by molar-refractivity contribution is 6.08. The lowest BCUT2D eigenvalue weighted by Crippen LogP contribution is -1.94. The minimum atomic E-state index is -0.308. The van der Waals surface area contributed by atoms with Crippen molar-refractivity contribution in [1.29, 1.82) is 0 Å². The third-order valence-electron chi connectivity index (χ3n) is 3.37. The minimum absolute atomic E-state index is 0.0741. The molecule has 3 nitrogen and oxygen atoms in total. The summed E-state index contributed by atoms with van der Waals surface area (Å²) in [5.74, 6) is -0.607.